The fourth-order valence-electron chi connectivity index (χ4n) is 3.51. The van der Waals surface area contributed by atoms with Crippen molar-refractivity contribution in [2.45, 2.75) is 78.4 Å². The van der Waals surface area contributed by atoms with Gasteiger partial charge in [0, 0.05) is 24.7 Å². The first-order valence-corrected chi connectivity index (χ1v) is 7.87. The molecule has 0 radical (unpaired) electrons. The number of allylic oxidation sites excluding steroid dienone is 2. The molecule has 1 heterocycles. The summed E-state index contributed by atoms with van der Waals surface area (Å²) in [5, 5.41) is 0. The van der Waals surface area contributed by atoms with Gasteiger partial charge in [0.05, 0.1) is 0 Å². The highest BCUT2D eigenvalue weighted by molar-refractivity contribution is 5.32. The van der Waals surface area contributed by atoms with Crippen molar-refractivity contribution in [3.63, 3.8) is 0 Å². The van der Waals surface area contributed by atoms with Gasteiger partial charge in [-0.3, -0.25) is 4.90 Å². The summed E-state index contributed by atoms with van der Waals surface area (Å²) >= 11 is 0. The molecule has 19 heavy (non-hydrogen) atoms. The molecule has 0 amide bonds. The van der Waals surface area contributed by atoms with Crippen molar-refractivity contribution in [3.05, 3.63) is 23.3 Å². The Kier molecular flexibility index (Phi) is 6.81. The summed E-state index contributed by atoms with van der Waals surface area (Å²) in [6.45, 7) is 12.0. The van der Waals surface area contributed by atoms with Crippen LogP contribution in [-0.2, 0) is 0 Å². The molecule has 0 bridgehead atoms. The van der Waals surface area contributed by atoms with Crippen LogP contribution in [0.4, 0.5) is 0 Å². The Morgan fingerprint density at radius 1 is 1.32 bits per heavy atom. The van der Waals surface area contributed by atoms with Crippen molar-refractivity contribution in [1.82, 2.24) is 4.90 Å². The zero-order valence-corrected chi connectivity index (χ0v) is 13.4. The summed E-state index contributed by atoms with van der Waals surface area (Å²) in [5.41, 5.74) is 8.68. The molecular formula is C17H32N2. The number of rotatable bonds is 6. The molecule has 2 atom stereocenters. The van der Waals surface area contributed by atoms with Gasteiger partial charge in [0.15, 0.2) is 0 Å². The summed E-state index contributed by atoms with van der Waals surface area (Å²) in [7, 11) is 0. The molecule has 0 aliphatic carbocycles. The van der Waals surface area contributed by atoms with E-state index in [0.717, 1.165) is 18.9 Å². The minimum atomic E-state index is 0.636. The Morgan fingerprint density at radius 2 is 2.00 bits per heavy atom. The first-order valence-electron chi connectivity index (χ1n) is 7.87. The number of nitrogens with two attached hydrogens (primary N) is 1. The van der Waals surface area contributed by atoms with Crippen LogP contribution in [0.2, 0.25) is 0 Å². The zero-order valence-electron chi connectivity index (χ0n) is 13.4. The van der Waals surface area contributed by atoms with E-state index in [0.29, 0.717) is 18.6 Å². The molecule has 0 aromatic heterocycles. The SMILES string of the molecule is C/C=C(CN)/C(=C/CC)CC1CCC(C)N1C(C)C. The largest absolute Gasteiger partial charge is 0.326 e. The van der Waals surface area contributed by atoms with Crippen molar-refractivity contribution in [2.75, 3.05) is 6.54 Å². The lowest BCUT2D eigenvalue weighted by atomic mass is 9.95. The molecule has 0 saturated carbocycles. The molecule has 1 aliphatic rings. The zero-order chi connectivity index (χ0) is 14.4. The topological polar surface area (TPSA) is 29.3 Å². The maximum absolute atomic E-state index is 5.89. The standard InChI is InChI=1S/C17H32N2/c1-6-8-16(15(7-2)12-18)11-17-10-9-14(5)19(17)13(3)4/h7-8,13-14,17H,6,9-12,18H2,1-5H3/b15-7+,16-8+. The Bertz CT molecular complexity index is 328. The molecule has 2 unspecified atom stereocenters. The molecule has 2 heteroatoms. The van der Waals surface area contributed by atoms with Crippen LogP contribution < -0.4 is 5.73 Å². The van der Waals surface area contributed by atoms with Gasteiger partial charge in [-0.2, -0.15) is 0 Å². The van der Waals surface area contributed by atoms with Crippen LogP contribution in [0.3, 0.4) is 0 Å². The quantitative estimate of drug-likeness (QED) is 0.738. The number of hydrogen-bond acceptors (Lipinski definition) is 2. The van der Waals surface area contributed by atoms with E-state index in [1.807, 2.05) is 0 Å². The van der Waals surface area contributed by atoms with E-state index in [9.17, 15) is 0 Å². The minimum absolute atomic E-state index is 0.636. The predicted molar refractivity (Wildman–Crippen MR) is 85.3 cm³/mol. The first-order chi connectivity index (χ1) is 9.04. The second-order valence-electron chi connectivity index (χ2n) is 5.98. The normalized spacial score (nSPS) is 26.5. The lowest BCUT2D eigenvalue weighted by Crippen LogP contribution is -2.40. The average molecular weight is 264 g/mol. The van der Waals surface area contributed by atoms with E-state index >= 15 is 0 Å². The maximum Gasteiger partial charge on any atom is 0.0177 e. The number of likely N-dealkylation sites (tertiary alicyclic amines) is 1. The number of hydrogen-bond donors (Lipinski definition) is 1. The molecule has 1 rings (SSSR count). The van der Waals surface area contributed by atoms with Gasteiger partial charge in [-0.05, 0) is 64.5 Å². The van der Waals surface area contributed by atoms with Crippen LogP contribution in [-0.4, -0.2) is 29.6 Å². The van der Waals surface area contributed by atoms with E-state index in [2.05, 4.69) is 51.7 Å². The average Bonchev–Trinajstić information content (AvgIpc) is 2.72. The first kappa shape index (κ1) is 16.5. The van der Waals surface area contributed by atoms with Crippen LogP contribution in [0, 0.1) is 0 Å². The minimum Gasteiger partial charge on any atom is -0.326 e. The monoisotopic (exact) mass is 264 g/mol. The lowest BCUT2D eigenvalue weighted by Gasteiger charge is -2.33. The second-order valence-corrected chi connectivity index (χ2v) is 5.98. The van der Waals surface area contributed by atoms with Gasteiger partial charge in [0.25, 0.3) is 0 Å². The van der Waals surface area contributed by atoms with E-state index in [1.165, 1.54) is 24.0 Å². The Hall–Kier alpha value is -0.600. The summed E-state index contributed by atoms with van der Waals surface area (Å²) < 4.78 is 0. The highest BCUT2D eigenvalue weighted by Crippen LogP contribution is 2.31. The molecule has 2 N–H and O–H groups in total. The van der Waals surface area contributed by atoms with Crippen LogP contribution in [0.5, 0.6) is 0 Å². The van der Waals surface area contributed by atoms with Crippen molar-refractivity contribution < 1.29 is 0 Å². The van der Waals surface area contributed by atoms with Gasteiger partial charge in [0.2, 0.25) is 0 Å². The molecule has 1 aliphatic heterocycles. The van der Waals surface area contributed by atoms with Gasteiger partial charge in [-0.25, -0.2) is 0 Å². The molecule has 1 fully saturated rings. The Balaban J connectivity index is 2.83. The fourth-order valence-corrected chi connectivity index (χ4v) is 3.51. The Morgan fingerprint density at radius 3 is 2.47 bits per heavy atom. The number of nitrogens with zero attached hydrogens (tertiary/aromatic N) is 1. The summed E-state index contributed by atoms with van der Waals surface area (Å²) in [6, 6.07) is 2.05. The van der Waals surface area contributed by atoms with E-state index in [1.54, 1.807) is 0 Å². The lowest BCUT2D eigenvalue weighted by molar-refractivity contribution is 0.157. The third kappa shape index (κ3) is 4.19. The van der Waals surface area contributed by atoms with Gasteiger partial charge < -0.3 is 5.73 Å². The summed E-state index contributed by atoms with van der Waals surface area (Å²) in [6.07, 6.45) is 9.45. The van der Waals surface area contributed by atoms with E-state index in [4.69, 9.17) is 5.73 Å². The van der Waals surface area contributed by atoms with E-state index in [-0.39, 0.29) is 0 Å². The van der Waals surface area contributed by atoms with Crippen molar-refractivity contribution >= 4 is 0 Å². The summed E-state index contributed by atoms with van der Waals surface area (Å²) in [4.78, 5) is 2.69. The molecular weight excluding hydrogens is 232 g/mol. The molecule has 2 nitrogen and oxygen atoms in total. The smallest absolute Gasteiger partial charge is 0.0177 e. The van der Waals surface area contributed by atoms with Crippen LogP contribution in [0.15, 0.2) is 23.3 Å². The molecule has 0 aromatic rings. The van der Waals surface area contributed by atoms with Gasteiger partial charge in [0.1, 0.15) is 0 Å². The van der Waals surface area contributed by atoms with Crippen LogP contribution >= 0.6 is 0 Å². The third-order valence-corrected chi connectivity index (χ3v) is 4.33. The highest BCUT2D eigenvalue weighted by Gasteiger charge is 2.32. The van der Waals surface area contributed by atoms with Crippen molar-refractivity contribution in [3.8, 4) is 0 Å². The van der Waals surface area contributed by atoms with Crippen LogP contribution in [0.1, 0.15) is 60.3 Å². The van der Waals surface area contributed by atoms with Crippen LogP contribution in [0.25, 0.3) is 0 Å². The maximum atomic E-state index is 5.89. The molecule has 110 valence electrons. The van der Waals surface area contributed by atoms with Gasteiger partial charge in [-0.1, -0.05) is 19.1 Å². The fraction of sp³-hybridized carbons (Fsp3) is 0.765. The molecule has 1 saturated heterocycles. The summed E-state index contributed by atoms with van der Waals surface area (Å²) in [5.74, 6) is 0. The molecule has 0 aromatic carbocycles. The Labute approximate surface area is 119 Å². The highest BCUT2D eigenvalue weighted by atomic mass is 15.2. The predicted octanol–water partition coefficient (Wildman–Crippen LogP) is 3.88. The molecule has 0 spiro atoms. The van der Waals surface area contributed by atoms with Gasteiger partial charge in [-0.15, -0.1) is 0 Å². The van der Waals surface area contributed by atoms with Crippen molar-refractivity contribution in [2.24, 2.45) is 5.73 Å². The van der Waals surface area contributed by atoms with E-state index < -0.39 is 0 Å². The third-order valence-electron chi connectivity index (χ3n) is 4.33. The van der Waals surface area contributed by atoms with Crippen molar-refractivity contribution in [1.29, 1.82) is 0 Å². The van der Waals surface area contributed by atoms with Gasteiger partial charge >= 0.3 is 0 Å². The second kappa shape index (κ2) is 7.86.